The van der Waals surface area contributed by atoms with Crippen molar-refractivity contribution in [3.63, 3.8) is 0 Å². The molecule has 0 bridgehead atoms. The van der Waals surface area contributed by atoms with Gasteiger partial charge in [0, 0.05) is 0 Å². The molecule has 0 saturated carbocycles. The Morgan fingerprint density at radius 1 is 1.10 bits per heavy atom. The summed E-state index contributed by atoms with van der Waals surface area (Å²) in [4.78, 5) is 14.8. The standard InChI is InChI=1S/C24H26N4O3/c1-3-13-28(16-23-26-27-24(31-23)21-12-7-14-30-21)15-22(29)25-17(2)19-11-6-9-18-8-4-5-10-20(18)19/h4-12,14,17H,3,13,15-16H2,1-2H3,(H,25,29)/t17-/m1/s1. The van der Waals surface area contributed by atoms with Crippen LogP contribution in [0, 0.1) is 0 Å². The van der Waals surface area contributed by atoms with Crippen LogP contribution in [-0.2, 0) is 11.3 Å². The van der Waals surface area contributed by atoms with Crippen molar-refractivity contribution < 1.29 is 13.6 Å². The second-order valence-corrected chi connectivity index (χ2v) is 7.55. The fourth-order valence-corrected chi connectivity index (χ4v) is 3.73. The Bertz CT molecular complexity index is 1130. The molecule has 1 atom stereocenters. The molecule has 2 aromatic heterocycles. The summed E-state index contributed by atoms with van der Waals surface area (Å²) in [6.07, 6.45) is 2.47. The van der Waals surface area contributed by atoms with Crippen LogP contribution in [0.25, 0.3) is 22.4 Å². The van der Waals surface area contributed by atoms with Gasteiger partial charge in [-0.05, 0) is 48.4 Å². The van der Waals surface area contributed by atoms with Crippen LogP contribution in [0.15, 0.2) is 69.7 Å². The zero-order valence-corrected chi connectivity index (χ0v) is 17.7. The number of hydrogen-bond acceptors (Lipinski definition) is 6. The van der Waals surface area contributed by atoms with Crippen LogP contribution < -0.4 is 5.32 Å². The number of amides is 1. The molecule has 0 saturated heterocycles. The minimum atomic E-state index is -0.101. The smallest absolute Gasteiger partial charge is 0.283 e. The summed E-state index contributed by atoms with van der Waals surface area (Å²) in [7, 11) is 0. The van der Waals surface area contributed by atoms with Crippen LogP contribution in [0.4, 0.5) is 0 Å². The summed E-state index contributed by atoms with van der Waals surface area (Å²) in [5, 5.41) is 13.6. The molecule has 0 spiro atoms. The fraction of sp³-hybridized carbons (Fsp3) is 0.292. The first-order chi connectivity index (χ1) is 15.1. The highest BCUT2D eigenvalue weighted by Gasteiger charge is 2.18. The highest BCUT2D eigenvalue weighted by molar-refractivity contribution is 5.87. The Balaban J connectivity index is 1.40. The lowest BCUT2D eigenvalue weighted by Gasteiger charge is -2.22. The Morgan fingerprint density at radius 2 is 1.94 bits per heavy atom. The SMILES string of the molecule is CCCN(CC(=O)N[C@H](C)c1cccc2ccccc12)Cc1nnc(-c2ccco2)o1. The Morgan fingerprint density at radius 3 is 2.74 bits per heavy atom. The van der Waals surface area contributed by atoms with Crippen molar-refractivity contribution >= 4 is 16.7 Å². The second-order valence-electron chi connectivity index (χ2n) is 7.55. The van der Waals surface area contributed by atoms with Crippen LogP contribution in [0.5, 0.6) is 0 Å². The molecule has 160 valence electrons. The van der Waals surface area contributed by atoms with Crippen molar-refractivity contribution in [2.24, 2.45) is 0 Å². The Labute approximate surface area is 181 Å². The van der Waals surface area contributed by atoms with E-state index in [1.54, 1.807) is 18.4 Å². The predicted octanol–water partition coefficient (Wildman–Crippen LogP) is 4.57. The lowest BCUT2D eigenvalue weighted by atomic mass is 10.00. The number of hydrogen-bond donors (Lipinski definition) is 1. The summed E-state index contributed by atoms with van der Waals surface area (Å²) < 4.78 is 11.0. The van der Waals surface area contributed by atoms with Crippen molar-refractivity contribution in [2.45, 2.75) is 32.9 Å². The molecule has 2 heterocycles. The number of carbonyl (C=O) groups is 1. The number of rotatable bonds is 9. The first-order valence-corrected chi connectivity index (χ1v) is 10.5. The molecule has 0 aliphatic heterocycles. The lowest BCUT2D eigenvalue weighted by molar-refractivity contribution is -0.123. The molecule has 1 N–H and O–H groups in total. The van der Waals surface area contributed by atoms with E-state index < -0.39 is 0 Å². The Kier molecular flexibility index (Phi) is 6.43. The average molecular weight is 418 g/mol. The van der Waals surface area contributed by atoms with Gasteiger partial charge in [-0.1, -0.05) is 49.4 Å². The number of fused-ring (bicyclic) bond motifs is 1. The third-order valence-corrected chi connectivity index (χ3v) is 5.13. The van der Waals surface area contributed by atoms with Crippen LogP contribution in [0.3, 0.4) is 0 Å². The largest absolute Gasteiger partial charge is 0.459 e. The van der Waals surface area contributed by atoms with Gasteiger partial charge in [0.2, 0.25) is 11.8 Å². The number of furan rings is 1. The van der Waals surface area contributed by atoms with Crippen molar-refractivity contribution in [1.82, 2.24) is 20.4 Å². The highest BCUT2D eigenvalue weighted by atomic mass is 16.4. The summed E-state index contributed by atoms with van der Waals surface area (Å²) in [6, 6.07) is 17.8. The molecule has 1 amide bonds. The van der Waals surface area contributed by atoms with E-state index in [1.807, 2.05) is 30.0 Å². The van der Waals surface area contributed by atoms with Gasteiger partial charge in [-0.15, -0.1) is 10.2 Å². The summed E-state index contributed by atoms with van der Waals surface area (Å²) >= 11 is 0. The van der Waals surface area contributed by atoms with Crippen molar-refractivity contribution in [3.05, 3.63) is 72.3 Å². The van der Waals surface area contributed by atoms with Gasteiger partial charge in [0.15, 0.2) is 5.76 Å². The normalized spacial score (nSPS) is 12.4. The number of nitrogens with one attached hydrogen (secondary N) is 1. The monoisotopic (exact) mass is 418 g/mol. The molecule has 0 aliphatic rings. The average Bonchev–Trinajstić information content (AvgIpc) is 3.45. The molecular formula is C24H26N4O3. The van der Waals surface area contributed by atoms with E-state index in [0.29, 0.717) is 24.1 Å². The first-order valence-electron chi connectivity index (χ1n) is 10.5. The first kappa shape index (κ1) is 20.8. The predicted molar refractivity (Wildman–Crippen MR) is 118 cm³/mol. The highest BCUT2D eigenvalue weighted by Crippen LogP contribution is 2.24. The second kappa shape index (κ2) is 9.57. The minimum absolute atomic E-state index is 0.0420. The van der Waals surface area contributed by atoms with Gasteiger partial charge in [0.05, 0.1) is 25.4 Å². The van der Waals surface area contributed by atoms with Gasteiger partial charge >= 0.3 is 0 Å². The van der Waals surface area contributed by atoms with E-state index in [9.17, 15) is 4.79 Å². The number of aromatic nitrogens is 2. The fourth-order valence-electron chi connectivity index (χ4n) is 3.73. The zero-order chi connectivity index (χ0) is 21.6. The van der Waals surface area contributed by atoms with Crippen molar-refractivity contribution in [2.75, 3.05) is 13.1 Å². The number of carbonyl (C=O) groups excluding carboxylic acids is 1. The van der Waals surface area contributed by atoms with E-state index in [-0.39, 0.29) is 18.5 Å². The minimum Gasteiger partial charge on any atom is -0.459 e. The molecule has 0 aliphatic carbocycles. The summed E-state index contributed by atoms with van der Waals surface area (Å²) in [5.41, 5.74) is 1.11. The third-order valence-electron chi connectivity index (χ3n) is 5.13. The van der Waals surface area contributed by atoms with Gasteiger partial charge in [0.25, 0.3) is 5.89 Å². The lowest BCUT2D eigenvalue weighted by Crippen LogP contribution is -2.38. The zero-order valence-electron chi connectivity index (χ0n) is 17.7. The van der Waals surface area contributed by atoms with Crippen LogP contribution in [-0.4, -0.2) is 34.1 Å². The van der Waals surface area contributed by atoms with E-state index in [4.69, 9.17) is 8.83 Å². The summed E-state index contributed by atoms with van der Waals surface area (Å²) in [5.74, 6) is 1.28. The molecule has 4 aromatic rings. The third kappa shape index (κ3) is 5.00. The number of benzene rings is 2. The van der Waals surface area contributed by atoms with E-state index in [1.165, 1.54) is 0 Å². The molecule has 31 heavy (non-hydrogen) atoms. The van der Waals surface area contributed by atoms with Gasteiger partial charge in [-0.25, -0.2) is 0 Å². The van der Waals surface area contributed by atoms with Crippen LogP contribution in [0.2, 0.25) is 0 Å². The Hall–Kier alpha value is -3.45. The van der Waals surface area contributed by atoms with E-state index in [2.05, 4.69) is 46.7 Å². The molecule has 7 nitrogen and oxygen atoms in total. The van der Waals surface area contributed by atoms with Crippen LogP contribution in [0.1, 0.15) is 37.8 Å². The quantitative estimate of drug-likeness (QED) is 0.429. The molecule has 2 aromatic carbocycles. The van der Waals surface area contributed by atoms with Crippen LogP contribution >= 0.6 is 0 Å². The topological polar surface area (TPSA) is 84.4 Å². The maximum Gasteiger partial charge on any atom is 0.283 e. The molecule has 0 fully saturated rings. The maximum absolute atomic E-state index is 12.8. The molecule has 0 radical (unpaired) electrons. The van der Waals surface area contributed by atoms with E-state index >= 15 is 0 Å². The van der Waals surface area contributed by atoms with Crippen molar-refractivity contribution in [1.29, 1.82) is 0 Å². The number of nitrogens with zero attached hydrogens (tertiary/aromatic N) is 3. The van der Waals surface area contributed by atoms with E-state index in [0.717, 1.165) is 29.3 Å². The molecule has 4 rings (SSSR count). The summed E-state index contributed by atoms with van der Waals surface area (Å²) in [6.45, 7) is 5.48. The molecular weight excluding hydrogens is 392 g/mol. The van der Waals surface area contributed by atoms with Gasteiger partial charge in [-0.2, -0.15) is 0 Å². The molecule has 7 heteroatoms. The van der Waals surface area contributed by atoms with Gasteiger partial charge in [0.1, 0.15) is 0 Å². The molecule has 0 unspecified atom stereocenters. The maximum atomic E-state index is 12.8. The van der Waals surface area contributed by atoms with Gasteiger partial charge < -0.3 is 14.2 Å². The van der Waals surface area contributed by atoms with Gasteiger partial charge in [-0.3, -0.25) is 9.69 Å². The van der Waals surface area contributed by atoms with Crippen molar-refractivity contribution in [3.8, 4) is 11.7 Å².